The Bertz CT molecular complexity index is 1980. The first-order valence-electron chi connectivity index (χ1n) is 26.7. The number of aliphatic hydroxyl groups is 15. The zero-order valence-corrected chi connectivity index (χ0v) is 45.1. The fraction of sp³-hybridized carbons (Fsp3) is 0.667. The zero-order chi connectivity index (χ0) is 57.8. The number of aromatic hydroxyl groups is 3. The first-order chi connectivity index (χ1) is 37.0. The van der Waals surface area contributed by atoms with Gasteiger partial charge in [0.15, 0.2) is 0 Å². The quantitative estimate of drug-likeness (QED) is 0.0298. The average molecular weight is 1110 g/mol. The molecule has 4 rings (SSSR count). The predicted octanol–water partition coefficient (Wildman–Crippen LogP) is -4.70. The van der Waals surface area contributed by atoms with Crippen molar-refractivity contribution >= 4 is 0 Å². The van der Waals surface area contributed by atoms with Crippen LogP contribution in [0.15, 0.2) is 36.4 Å². The van der Waals surface area contributed by atoms with Crippen LogP contribution in [-0.2, 0) is 39.3 Å². The van der Waals surface area contributed by atoms with Gasteiger partial charge < -0.3 is 108 Å². The number of benzene rings is 3. The third-order valence-corrected chi connectivity index (χ3v) is 14.2. The summed E-state index contributed by atoms with van der Waals surface area (Å²) in [6.07, 6.45) is -17.9. The van der Waals surface area contributed by atoms with E-state index in [1.54, 1.807) is 18.2 Å². The lowest BCUT2D eigenvalue weighted by molar-refractivity contribution is -0.114. The van der Waals surface area contributed by atoms with Crippen LogP contribution in [0.25, 0.3) is 0 Å². The van der Waals surface area contributed by atoms with Crippen molar-refractivity contribution in [1.82, 2.24) is 30.7 Å². The Labute approximate surface area is 456 Å². The van der Waals surface area contributed by atoms with Crippen molar-refractivity contribution in [3.05, 3.63) is 86.5 Å². The third-order valence-electron chi connectivity index (χ3n) is 14.2. The Hall–Kier alpha value is -3.78. The number of phenolic OH excluding ortho intramolecular Hbond substituents is 3. The van der Waals surface area contributed by atoms with E-state index in [0.29, 0.717) is 92.3 Å². The SMILES string of the molecule is Cc1cc(CNCC(O)C(O)C(O)C(O)CO)c(O)c(CN2CCCN(Cc3cc(C)cc(CNCC(O)C(O)C(O)C(O)CO)c3O)CCCN(Cc3cc(C)cc(CNCC(O)C(O)C(O)C(O)CO)c3O)CCC2)c1. The van der Waals surface area contributed by atoms with Crippen molar-refractivity contribution in [3.8, 4) is 17.2 Å². The molecule has 21 N–H and O–H groups in total. The lowest BCUT2D eigenvalue weighted by Crippen LogP contribution is -2.48. The number of aryl methyl sites for hydroxylation is 3. The minimum Gasteiger partial charge on any atom is -0.507 e. The molecule has 1 heterocycles. The zero-order valence-electron chi connectivity index (χ0n) is 45.1. The van der Waals surface area contributed by atoms with Crippen LogP contribution in [0.2, 0.25) is 0 Å². The lowest BCUT2D eigenvalue weighted by Gasteiger charge is -2.31. The van der Waals surface area contributed by atoms with Crippen LogP contribution < -0.4 is 16.0 Å². The van der Waals surface area contributed by atoms with Crippen molar-refractivity contribution in [3.63, 3.8) is 0 Å². The number of nitrogens with zero attached hydrogens (tertiary/aromatic N) is 3. The van der Waals surface area contributed by atoms with Gasteiger partial charge in [0, 0.05) is 92.3 Å². The van der Waals surface area contributed by atoms with Crippen molar-refractivity contribution in [1.29, 1.82) is 0 Å². The molecule has 0 aromatic heterocycles. The minimum atomic E-state index is -1.78. The van der Waals surface area contributed by atoms with Crippen molar-refractivity contribution < 1.29 is 91.9 Å². The van der Waals surface area contributed by atoms with Crippen LogP contribution in [-0.4, -0.2) is 259 Å². The van der Waals surface area contributed by atoms with E-state index >= 15 is 0 Å². The predicted molar refractivity (Wildman–Crippen MR) is 287 cm³/mol. The van der Waals surface area contributed by atoms with Crippen LogP contribution in [0.5, 0.6) is 17.2 Å². The van der Waals surface area contributed by atoms with Gasteiger partial charge >= 0.3 is 0 Å². The highest BCUT2D eigenvalue weighted by molar-refractivity contribution is 5.45. The minimum absolute atomic E-state index is 0.0428. The molecule has 1 saturated heterocycles. The van der Waals surface area contributed by atoms with Gasteiger partial charge in [-0.05, 0) is 79.3 Å². The summed E-state index contributed by atoms with van der Waals surface area (Å²) in [5.41, 5.74) is 6.17. The molecule has 3 aromatic rings. The van der Waals surface area contributed by atoms with E-state index in [1.807, 2.05) is 39.0 Å². The van der Waals surface area contributed by atoms with Gasteiger partial charge in [-0.1, -0.05) is 53.1 Å². The van der Waals surface area contributed by atoms with Gasteiger partial charge in [0.05, 0.1) is 38.1 Å². The second kappa shape index (κ2) is 33.2. The average Bonchev–Trinajstić information content (AvgIpc) is 3.41. The Balaban J connectivity index is 1.56. The molecule has 1 aliphatic rings. The molecular weight excluding hydrogens is 1020 g/mol. The summed E-state index contributed by atoms with van der Waals surface area (Å²) in [5, 5.41) is 193. The van der Waals surface area contributed by atoms with E-state index in [4.69, 9.17) is 15.3 Å². The molecule has 12 unspecified atom stereocenters. The van der Waals surface area contributed by atoms with Crippen LogP contribution >= 0.6 is 0 Å². The maximum Gasteiger partial charge on any atom is 0.124 e. The summed E-state index contributed by atoms with van der Waals surface area (Å²) in [4.78, 5) is 6.76. The van der Waals surface area contributed by atoms with E-state index < -0.39 is 93.1 Å². The smallest absolute Gasteiger partial charge is 0.124 e. The first kappa shape index (κ1) is 66.7. The molecule has 0 aliphatic carbocycles. The molecule has 1 fully saturated rings. The van der Waals surface area contributed by atoms with Gasteiger partial charge in [0.25, 0.3) is 0 Å². The molecule has 3 aromatic carbocycles. The summed E-state index contributed by atoms with van der Waals surface area (Å²) < 4.78 is 0. The summed E-state index contributed by atoms with van der Waals surface area (Å²) in [6, 6.07) is 11.1. The van der Waals surface area contributed by atoms with Gasteiger partial charge in [-0.3, -0.25) is 14.7 Å². The normalized spacial score (nSPS) is 19.6. The van der Waals surface area contributed by atoms with Crippen molar-refractivity contribution in [2.45, 2.75) is 153 Å². The highest BCUT2D eigenvalue weighted by atomic mass is 16.4. The Morgan fingerprint density at radius 3 is 0.769 bits per heavy atom. The Morgan fingerprint density at radius 2 is 0.551 bits per heavy atom. The number of aliphatic hydroxyl groups excluding tert-OH is 15. The fourth-order valence-corrected chi connectivity index (χ4v) is 9.77. The standard InChI is InChI=1S/C54H90N6O18/c1-31-13-34(19-55-22-40(64)49(73)52(76)43(67)28-61)46(70)37(16-31)25-58-7-4-9-59(26-38-17-32(2)14-35(47(38)71)20-56-23-41(65)50(74)53(77)44(68)29-62)11-6-12-60(10-5-8-58)27-39-18-33(3)15-36(48(39)72)21-57-24-42(66)51(75)54(78)45(69)30-63/h13-18,40-45,49-57,61-78H,4-12,19-30H2,1-3H3. The topological polar surface area (TPSA) is 410 Å². The molecule has 0 saturated carbocycles. The third kappa shape index (κ3) is 20.3. The maximum atomic E-state index is 11.6. The number of hydrogen-bond donors (Lipinski definition) is 21. The molecule has 0 radical (unpaired) electrons. The van der Waals surface area contributed by atoms with Gasteiger partial charge in [-0.2, -0.15) is 0 Å². The highest BCUT2D eigenvalue weighted by Gasteiger charge is 2.32. The van der Waals surface area contributed by atoms with Gasteiger partial charge in [-0.15, -0.1) is 0 Å². The van der Waals surface area contributed by atoms with Crippen molar-refractivity contribution in [2.75, 3.05) is 78.7 Å². The monoisotopic (exact) mass is 1110 g/mol. The highest BCUT2D eigenvalue weighted by Crippen LogP contribution is 2.30. The summed E-state index contributed by atoms with van der Waals surface area (Å²) in [7, 11) is 0. The lowest BCUT2D eigenvalue weighted by atomic mass is 10.0. The van der Waals surface area contributed by atoms with E-state index in [2.05, 4.69) is 30.7 Å². The molecule has 444 valence electrons. The van der Waals surface area contributed by atoms with Crippen molar-refractivity contribution in [2.24, 2.45) is 0 Å². The number of phenols is 3. The molecule has 24 nitrogen and oxygen atoms in total. The first-order valence-corrected chi connectivity index (χ1v) is 26.7. The largest absolute Gasteiger partial charge is 0.507 e. The summed E-state index contributed by atoms with van der Waals surface area (Å²) in [5.74, 6) is 0.128. The molecule has 24 heteroatoms. The van der Waals surface area contributed by atoms with Crippen LogP contribution in [0, 0.1) is 20.8 Å². The fourth-order valence-electron chi connectivity index (χ4n) is 9.77. The second-order valence-electron chi connectivity index (χ2n) is 21.0. The summed E-state index contributed by atoms with van der Waals surface area (Å²) >= 11 is 0. The van der Waals surface area contributed by atoms with E-state index in [1.165, 1.54) is 0 Å². The molecule has 78 heavy (non-hydrogen) atoms. The Kier molecular flexibility index (Phi) is 28.4. The molecule has 0 bridgehead atoms. The van der Waals surface area contributed by atoms with Crippen LogP contribution in [0.4, 0.5) is 0 Å². The van der Waals surface area contributed by atoms with Crippen LogP contribution in [0.1, 0.15) is 69.3 Å². The molecular formula is C54H90N6O18. The number of rotatable bonds is 30. The number of nitrogens with one attached hydrogen (secondary N) is 3. The van der Waals surface area contributed by atoms with E-state index in [9.17, 15) is 76.6 Å². The Morgan fingerprint density at radius 1 is 0.346 bits per heavy atom. The summed E-state index contributed by atoms with van der Waals surface area (Å²) in [6.45, 7) is 7.81. The second-order valence-corrected chi connectivity index (χ2v) is 21.0. The van der Waals surface area contributed by atoms with E-state index in [-0.39, 0.29) is 56.5 Å². The number of hydrogen-bond acceptors (Lipinski definition) is 24. The molecule has 1 aliphatic heterocycles. The molecule has 0 amide bonds. The van der Waals surface area contributed by atoms with Gasteiger partial charge in [0.2, 0.25) is 0 Å². The van der Waals surface area contributed by atoms with Gasteiger partial charge in [-0.25, -0.2) is 0 Å². The van der Waals surface area contributed by atoms with Gasteiger partial charge in [0.1, 0.15) is 72.2 Å². The van der Waals surface area contributed by atoms with E-state index in [0.717, 1.165) is 36.0 Å². The maximum absolute atomic E-state index is 11.6. The molecule has 0 spiro atoms. The van der Waals surface area contributed by atoms with Crippen LogP contribution in [0.3, 0.4) is 0 Å². The molecule has 12 atom stereocenters.